The molecule has 5 heteroatoms. The third kappa shape index (κ3) is 6.21. The molecule has 0 aliphatic rings. The fourth-order valence-electron chi connectivity index (χ4n) is 2.20. The highest BCUT2D eigenvalue weighted by molar-refractivity contribution is 7.54. The highest BCUT2D eigenvalue weighted by atomic mass is 31.2. The van der Waals surface area contributed by atoms with Gasteiger partial charge < -0.3 is 14.4 Å². The monoisotopic (exact) mass is 313 g/mol. The van der Waals surface area contributed by atoms with Gasteiger partial charge in [-0.2, -0.15) is 0 Å². The molecule has 4 nitrogen and oxygen atoms in total. The smallest absolute Gasteiger partial charge is 0.352 e. The lowest BCUT2D eigenvalue weighted by Crippen LogP contribution is -2.22. The van der Waals surface area contributed by atoms with Crippen molar-refractivity contribution in [1.29, 1.82) is 0 Å². The summed E-state index contributed by atoms with van der Waals surface area (Å²) < 4.78 is 24.0. The third-order valence-corrected chi connectivity index (χ3v) is 5.57. The van der Waals surface area contributed by atoms with E-state index in [9.17, 15) is 4.57 Å². The van der Waals surface area contributed by atoms with Crippen molar-refractivity contribution in [2.75, 3.05) is 18.5 Å². The molecule has 120 valence electrons. The van der Waals surface area contributed by atoms with Gasteiger partial charge in [0.15, 0.2) is 0 Å². The molecule has 0 heterocycles. The van der Waals surface area contributed by atoms with Gasteiger partial charge in [-0.25, -0.2) is 0 Å². The lowest BCUT2D eigenvalue weighted by atomic mass is 10.2. The number of hydrogen-bond donors (Lipinski definition) is 1. The van der Waals surface area contributed by atoms with Gasteiger partial charge in [-0.05, 0) is 32.4 Å². The number of anilines is 1. The Morgan fingerprint density at radius 3 is 2.19 bits per heavy atom. The molecule has 0 radical (unpaired) electrons. The summed E-state index contributed by atoms with van der Waals surface area (Å²) in [6.07, 6.45) is 4.03. The van der Waals surface area contributed by atoms with E-state index < -0.39 is 7.60 Å². The number of rotatable bonds is 11. The molecule has 1 aromatic rings. The normalized spacial score (nSPS) is 13.1. The Hall–Kier alpha value is -0.830. The summed E-state index contributed by atoms with van der Waals surface area (Å²) in [6.45, 7) is 6.62. The van der Waals surface area contributed by atoms with E-state index >= 15 is 0 Å². The first-order valence-corrected chi connectivity index (χ1v) is 9.47. The standard InChI is InChI=1S/C16H28NO3P/c1-4-7-9-14-16(17-15-12-10-8-11-13-15)21(18,19-5-2)20-6-3/h8,10-13,16-17H,4-7,9,14H2,1-3H3. The molecular formula is C16H28NO3P. The fourth-order valence-corrected chi connectivity index (χ4v) is 4.16. The van der Waals surface area contributed by atoms with E-state index in [1.165, 1.54) is 0 Å². The summed E-state index contributed by atoms with van der Waals surface area (Å²) in [7, 11) is -3.15. The van der Waals surface area contributed by atoms with Crippen LogP contribution < -0.4 is 5.32 Å². The van der Waals surface area contributed by atoms with Crippen LogP contribution in [-0.2, 0) is 13.6 Å². The number of para-hydroxylation sites is 1. The van der Waals surface area contributed by atoms with Crippen LogP contribution in [0.15, 0.2) is 30.3 Å². The summed E-state index contributed by atoms with van der Waals surface area (Å²) in [6, 6.07) is 9.81. The maximum Gasteiger partial charge on any atom is 0.352 e. The second-order valence-corrected chi connectivity index (χ2v) is 7.12. The van der Waals surface area contributed by atoms with Crippen LogP contribution in [0.4, 0.5) is 5.69 Å². The molecule has 0 saturated carbocycles. The van der Waals surface area contributed by atoms with Crippen LogP contribution in [-0.4, -0.2) is 19.0 Å². The lowest BCUT2D eigenvalue weighted by molar-refractivity contribution is 0.212. The Morgan fingerprint density at radius 2 is 1.67 bits per heavy atom. The van der Waals surface area contributed by atoms with E-state index in [1.54, 1.807) is 0 Å². The van der Waals surface area contributed by atoms with Gasteiger partial charge in [0.05, 0.1) is 13.2 Å². The Morgan fingerprint density at radius 1 is 1.05 bits per heavy atom. The molecule has 1 N–H and O–H groups in total. The van der Waals surface area contributed by atoms with Crippen LogP contribution in [0.1, 0.15) is 46.5 Å². The van der Waals surface area contributed by atoms with Crippen LogP contribution in [0.3, 0.4) is 0 Å². The highest BCUT2D eigenvalue weighted by Crippen LogP contribution is 2.54. The molecule has 0 aromatic heterocycles. The van der Waals surface area contributed by atoms with Gasteiger partial charge in [0, 0.05) is 5.69 Å². The zero-order valence-corrected chi connectivity index (χ0v) is 14.3. The van der Waals surface area contributed by atoms with Crippen molar-refractivity contribution in [2.45, 2.75) is 52.2 Å². The van der Waals surface area contributed by atoms with Gasteiger partial charge in [-0.1, -0.05) is 44.4 Å². The molecule has 0 saturated heterocycles. The van der Waals surface area contributed by atoms with Crippen LogP contribution in [0.25, 0.3) is 0 Å². The maximum atomic E-state index is 13.0. The number of unbranched alkanes of at least 4 members (excludes halogenated alkanes) is 2. The molecule has 21 heavy (non-hydrogen) atoms. The van der Waals surface area contributed by atoms with Crippen molar-refractivity contribution in [2.24, 2.45) is 0 Å². The van der Waals surface area contributed by atoms with Crippen LogP contribution in [0, 0.1) is 0 Å². The van der Waals surface area contributed by atoms with E-state index in [1.807, 2.05) is 44.2 Å². The van der Waals surface area contributed by atoms with E-state index in [4.69, 9.17) is 9.05 Å². The Kier molecular flexibility index (Phi) is 8.67. The number of hydrogen-bond acceptors (Lipinski definition) is 4. The van der Waals surface area contributed by atoms with E-state index in [2.05, 4.69) is 12.2 Å². The quantitative estimate of drug-likeness (QED) is 0.446. The maximum absolute atomic E-state index is 13.0. The molecule has 0 spiro atoms. The number of benzene rings is 1. The van der Waals surface area contributed by atoms with Crippen molar-refractivity contribution in [3.8, 4) is 0 Å². The van der Waals surface area contributed by atoms with E-state index in [-0.39, 0.29) is 5.78 Å². The molecular weight excluding hydrogens is 285 g/mol. The molecule has 1 rings (SSSR count). The Balaban J connectivity index is 2.85. The van der Waals surface area contributed by atoms with E-state index in [0.29, 0.717) is 13.2 Å². The molecule has 1 aromatic carbocycles. The summed E-state index contributed by atoms with van der Waals surface area (Å²) in [5.41, 5.74) is 0.943. The third-order valence-electron chi connectivity index (χ3n) is 3.19. The minimum Gasteiger partial charge on any atom is -0.372 e. The minimum absolute atomic E-state index is 0.300. The Labute approximate surface area is 128 Å². The van der Waals surface area contributed by atoms with Crippen molar-refractivity contribution >= 4 is 13.3 Å². The minimum atomic E-state index is -3.15. The summed E-state index contributed by atoms with van der Waals surface area (Å²) in [4.78, 5) is 0. The summed E-state index contributed by atoms with van der Waals surface area (Å²) in [5, 5.41) is 3.34. The molecule has 0 bridgehead atoms. The summed E-state index contributed by atoms with van der Waals surface area (Å²) in [5.74, 6) is -0.300. The molecule has 0 aliphatic heterocycles. The Bertz CT molecular complexity index is 415. The second kappa shape index (κ2) is 9.99. The topological polar surface area (TPSA) is 47.6 Å². The van der Waals surface area contributed by atoms with Crippen molar-refractivity contribution in [3.05, 3.63) is 30.3 Å². The van der Waals surface area contributed by atoms with Gasteiger partial charge in [-0.15, -0.1) is 0 Å². The second-order valence-electron chi connectivity index (χ2n) is 4.90. The SMILES string of the molecule is CCCCCC(Nc1ccccc1)P(=O)(OCC)OCC. The fraction of sp³-hybridized carbons (Fsp3) is 0.625. The molecule has 1 unspecified atom stereocenters. The van der Waals surface area contributed by atoms with Gasteiger partial charge in [0.25, 0.3) is 0 Å². The first-order valence-electron chi connectivity index (χ1n) is 7.86. The highest BCUT2D eigenvalue weighted by Gasteiger charge is 2.35. The summed E-state index contributed by atoms with van der Waals surface area (Å²) >= 11 is 0. The van der Waals surface area contributed by atoms with Crippen molar-refractivity contribution in [1.82, 2.24) is 0 Å². The molecule has 0 fully saturated rings. The number of nitrogens with one attached hydrogen (secondary N) is 1. The van der Waals surface area contributed by atoms with Crippen LogP contribution in [0.2, 0.25) is 0 Å². The van der Waals surface area contributed by atoms with Crippen LogP contribution in [0.5, 0.6) is 0 Å². The zero-order valence-electron chi connectivity index (χ0n) is 13.4. The largest absolute Gasteiger partial charge is 0.372 e. The van der Waals surface area contributed by atoms with Gasteiger partial charge in [0.2, 0.25) is 0 Å². The van der Waals surface area contributed by atoms with E-state index in [0.717, 1.165) is 31.4 Å². The average molecular weight is 313 g/mol. The van der Waals surface area contributed by atoms with Gasteiger partial charge in [-0.3, -0.25) is 4.57 Å². The van der Waals surface area contributed by atoms with Gasteiger partial charge in [0.1, 0.15) is 5.78 Å². The first-order chi connectivity index (χ1) is 10.2. The predicted molar refractivity (Wildman–Crippen MR) is 88.9 cm³/mol. The van der Waals surface area contributed by atoms with Crippen LogP contribution >= 0.6 is 7.60 Å². The van der Waals surface area contributed by atoms with Gasteiger partial charge >= 0.3 is 7.60 Å². The first kappa shape index (κ1) is 18.2. The predicted octanol–water partition coefficient (Wildman–Crippen LogP) is 5.27. The molecule has 1 atom stereocenters. The molecule has 0 aliphatic carbocycles. The lowest BCUT2D eigenvalue weighted by Gasteiger charge is -2.28. The zero-order chi connectivity index (χ0) is 15.6. The molecule has 0 amide bonds. The van der Waals surface area contributed by atoms with Crippen molar-refractivity contribution < 1.29 is 13.6 Å². The average Bonchev–Trinajstić information content (AvgIpc) is 2.48. The van der Waals surface area contributed by atoms with Crippen molar-refractivity contribution in [3.63, 3.8) is 0 Å².